The highest BCUT2D eigenvalue weighted by molar-refractivity contribution is 7.89. The maximum Gasteiger partial charge on any atom is 0.248 e. The number of ether oxygens (including phenoxy) is 1. The maximum atomic E-state index is 12.4. The molecule has 7 heteroatoms. The molecule has 0 N–H and O–H groups in total. The first-order valence-corrected chi connectivity index (χ1v) is 6.98. The molecule has 96 valence electrons. The molecule has 0 saturated carbocycles. The van der Waals surface area contributed by atoms with Gasteiger partial charge >= 0.3 is 0 Å². The first-order chi connectivity index (χ1) is 8.03. The van der Waals surface area contributed by atoms with Gasteiger partial charge in [-0.3, -0.25) is 0 Å². The second-order valence-electron chi connectivity index (χ2n) is 4.02. The average molecular weight is 260 g/mol. The fourth-order valence-corrected chi connectivity index (χ4v) is 3.69. The zero-order chi connectivity index (χ0) is 12.5. The van der Waals surface area contributed by atoms with E-state index in [2.05, 4.69) is 5.16 Å². The highest BCUT2D eigenvalue weighted by Gasteiger charge is 2.31. The van der Waals surface area contributed by atoms with Crippen LogP contribution in [0.15, 0.2) is 9.42 Å². The molecule has 2 rings (SSSR count). The van der Waals surface area contributed by atoms with Gasteiger partial charge in [-0.1, -0.05) is 5.16 Å². The Hall–Kier alpha value is -0.920. The van der Waals surface area contributed by atoms with Crippen molar-refractivity contribution in [2.75, 3.05) is 26.3 Å². The van der Waals surface area contributed by atoms with E-state index >= 15 is 0 Å². The van der Waals surface area contributed by atoms with Gasteiger partial charge in [0, 0.05) is 19.7 Å². The van der Waals surface area contributed by atoms with E-state index in [9.17, 15) is 8.42 Å². The maximum absolute atomic E-state index is 12.4. The third-order valence-corrected chi connectivity index (χ3v) is 4.89. The highest BCUT2D eigenvalue weighted by atomic mass is 32.2. The Bertz CT molecular complexity index is 467. The third kappa shape index (κ3) is 2.36. The Labute approximate surface area is 101 Å². The lowest BCUT2D eigenvalue weighted by Gasteiger charge is -2.18. The van der Waals surface area contributed by atoms with Gasteiger partial charge in [-0.2, -0.15) is 4.31 Å². The molecule has 0 bridgehead atoms. The van der Waals surface area contributed by atoms with E-state index in [1.54, 1.807) is 13.8 Å². The molecule has 0 amide bonds. The largest absolute Gasteiger partial charge is 0.380 e. The van der Waals surface area contributed by atoms with E-state index in [4.69, 9.17) is 9.26 Å². The van der Waals surface area contributed by atoms with E-state index in [-0.39, 0.29) is 4.90 Å². The number of aryl methyl sites for hydroxylation is 2. The van der Waals surface area contributed by atoms with E-state index in [0.717, 1.165) is 0 Å². The summed E-state index contributed by atoms with van der Waals surface area (Å²) in [7, 11) is -3.51. The van der Waals surface area contributed by atoms with E-state index in [0.29, 0.717) is 44.2 Å². The van der Waals surface area contributed by atoms with Crippen LogP contribution in [0.5, 0.6) is 0 Å². The molecule has 1 saturated heterocycles. The Kier molecular flexibility index (Phi) is 3.50. The standard InChI is InChI=1S/C10H16N2O4S/c1-8-10(9(2)16-11-8)17(13,14)12-4-3-6-15-7-5-12/h3-7H2,1-2H3. The summed E-state index contributed by atoms with van der Waals surface area (Å²) in [6, 6.07) is 0. The zero-order valence-electron chi connectivity index (χ0n) is 9.97. The predicted octanol–water partition coefficient (Wildman–Crippen LogP) is 0.702. The van der Waals surface area contributed by atoms with Gasteiger partial charge in [0.25, 0.3) is 0 Å². The number of sulfonamides is 1. The number of hydrogen-bond donors (Lipinski definition) is 0. The van der Waals surface area contributed by atoms with Gasteiger partial charge < -0.3 is 9.26 Å². The summed E-state index contributed by atoms with van der Waals surface area (Å²) < 4.78 is 36.4. The lowest BCUT2D eigenvalue weighted by molar-refractivity contribution is 0.148. The van der Waals surface area contributed by atoms with Crippen LogP contribution in [0, 0.1) is 13.8 Å². The van der Waals surface area contributed by atoms with Crippen LogP contribution in [0.3, 0.4) is 0 Å². The minimum atomic E-state index is -3.51. The SMILES string of the molecule is Cc1noc(C)c1S(=O)(=O)N1CCCOCC1. The molecule has 1 aliphatic heterocycles. The summed E-state index contributed by atoms with van der Waals surface area (Å²) in [6.45, 7) is 5.15. The van der Waals surface area contributed by atoms with Gasteiger partial charge in [0.15, 0.2) is 5.76 Å². The van der Waals surface area contributed by atoms with Crippen molar-refractivity contribution in [2.24, 2.45) is 0 Å². The number of nitrogens with zero attached hydrogens (tertiary/aromatic N) is 2. The molecular formula is C10H16N2O4S. The molecule has 0 aliphatic carbocycles. The molecule has 0 atom stereocenters. The van der Waals surface area contributed by atoms with Crippen LogP contribution in [0.1, 0.15) is 17.9 Å². The predicted molar refractivity (Wildman–Crippen MR) is 60.2 cm³/mol. The van der Waals surface area contributed by atoms with Gasteiger partial charge in [-0.05, 0) is 20.3 Å². The lowest BCUT2D eigenvalue weighted by atomic mass is 10.4. The van der Waals surface area contributed by atoms with Crippen LogP contribution in [-0.2, 0) is 14.8 Å². The van der Waals surface area contributed by atoms with Gasteiger partial charge in [-0.15, -0.1) is 0 Å². The summed E-state index contributed by atoms with van der Waals surface area (Å²) >= 11 is 0. The van der Waals surface area contributed by atoms with Crippen molar-refractivity contribution in [1.82, 2.24) is 9.46 Å². The fraction of sp³-hybridized carbons (Fsp3) is 0.700. The molecule has 1 fully saturated rings. The summed E-state index contributed by atoms with van der Waals surface area (Å²) in [6.07, 6.45) is 0.711. The first kappa shape index (κ1) is 12.5. The number of aromatic nitrogens is 1. The lowest BCUT2D eigenvalue weighted by Crippen LogP contribution is -2.33. The van der Waals surface area contributed by atoms with E-state index in [1.807, 2.05) is 0 Å². The van der Waals surface area contributed by atoms with Crippen LogP contribution < -0.4 is 0 Å². The molecular weight excluding hydrogens is 244 g/mol. The van der Waals surface area contributed by atoms with Crippen molar-refractivity contribution >= 4 is 10.0 Å². The quantitative estimate of drug-likeness (QED) is 0.782. The van der Waals surface area contributed by atoms with Crippen molar-refractivity contribution in [1.29, 1.82) is 0 Å². The van der Waals surface area contributed by atoms with Crippen molar-refractivity contribution in [3.05, 3.63) is 11.5 Å². The molecule has 0 aromatic carbocycles. The van der Waals surface area contributed by atoms with E-state index in [1.165, 1.54) is 4.31 Å². The second-order valence-corrected chi connectivity index (χ2v) is 5.90. The van der Waals surface area contributed by atoms with Crippen LogP contribution in [0.25, 0.3) is 0 Å². The van der Waals surface area contributed by atoms with Crippen molar-refractivity contribution < 1.29 is 17.7 Å². The van der Waals surface area contributed by atoms with Crippen LogP contribution >= 0.6 is 0 Å². The average Bonchev–Trinajstić information content (AvgIpc) is 2.53. The number of hydrogen-bond acceptors (Lipinski definition) is 5. The minimum Gasteiger partial charge on any atom is -0.380 e. The van der Waals surface area contributed by atoms with Gasteiger partial charge in [0.1, 0.15) is 10.6 Å². The third-order valence-electron chi connectivity index (χ3n) is 2.75. The molecule has 2 heterocycles. The van der Waals surface area contributed by atoms with Gasteiger partial charge in [0.2, 0.25) is 10.0 Å². The Morgan fingerprint density at radius 1 is 1.24 bits per heavy atom. The minimum absolute atomic E-state index is 0.194. The van der Waals surface area contributed by atoms with E-state index < -0.39 is 10.0 Å². The fourth-order valence-electron chi connectivity index (χ4n) is 1.94. The summed E-state index contributed by atoms with van der Waals surface area (Å²) in [5.74, 6) is 0.340. The normalized spacial score (nSPS) is 19.2. The Morgan fingerprint density at radius 3 is 2.65 bits per heavy atom. The Morgan fingerprint density at radius 2 is 2.00 bits per heavy atom. The molecule has 1 aromatic rings. The molecule has 0 unspecified atom stereocenters. The van der Waals surface area contributed by atoms with Crippen LogP contribution in [-0.4, -0.2) is 44.2 Å². The van der Waals surface area contributed by atoms with Crippen LogP contribution in [0.4, 0.5) is 0 Å². The van der Waals surface area contributed by atoms with Crippen molar-refractivity contribution in [3.8, 4) is 0 Å². The first-order valence-electron chi connectivity index (χ1n) is 5.54. The van der Waals surface area contributed by atoms with Crippen molar-refractivity contribution in [2.45, 2.75) is 25.2 Å². The number of rotatable bonds is 2. The highest BCUT2D eigenvalue weighted by Crippen LogP contribution is 2.23. The van der Waals surface area contributed by atoms with Gasteiger partial charge in [-0.25, -0.2) is 8.42 Å². The van der Waals surface area contributed by atoms with Crippen LogP contribution in [0.2, 0.25) is 0 Å². The Balaban J connectivity index is 2.35. The summed E-state index contributed by atoms with van der Waals surface area (Å²) in [5.41, 5.74) is 0.410. The summed E-state index contributed by atoms with van der Waals surface area (Å²) in [5, 5.41) is 3.69. The smallest absolute Gasteiger partial charge is 0.248 e. The zero-order valence-corrected chi connectivity index (χ0v) is 10.8. The monoisotopic (exact) mass is 260 g/mol. The van der Waals surface area contributed by atoms with Gasteiger partial charge in [0.05, 0.1) is 6.61 Å². The molecule has 1 aromatic heterocycles. The molecule has 17 heavy (non-hydrogen) atoms. The molecule has 0 radical (unpaired) electrons. The molecule has 0 spiro atoms. The summed E-state index contributed by atoms with van der Waals surface area (Å²) in [4.78, 5) is 0.194. The molecule has 6 nitrogen and oxygen atoms in total. The van der Waals surface area contributed by atoms with Crippen molar-refractivity contribution in [3.63, 3.8) is 0 Å². The topological polar surface area (TPSA) is 72.6 Å². The molecule has 1 aliphatic rings. The second kappa shape index (κ2) is 4.75.